The standard InChI is InChI=1S/C8H17N3O2S/c1-3-14(12,13)5-4-9-8-10-6-7(2)11-8/h7H,3-6H2,1-2H3,(H2,9,10,11). The number of rotatable bonds is 4. The second kappa shape index (κ2) is 4.63. The van der Waals surface area contributed by atoms with Crippen LogP contribution in [0.5, 0.6) is 0 Å². The molecule has 1 unspecified atom stereocenters. The van der Waals surface area contributed by atoms with Crippen LogP contribution in [-0.2, 0) is 9.84 Å². The van der Waals surface area contributed by atoms with Crippen molar-refractivity contribution in [2.24, 2.45) is 4.99 Å². The van der Waals surface area contributed by atoms with E-state index < -0.39 is 9.84 Å². The highest BCUT2D eigenvalue weighted by Gasteiger charge is 2.12. The molecule has 1 atom stereocenters. The zero-order chi connectivity index (χ0) is 10.6. The molecule has 1 aliphatic rings. The predicted octanol–water partition coefficient (Wildman–Crippen LogP) is -0.642. The van der Waals surface area contributed by atoms with E-state index in [0.717, 1.165) is 6.54 Å². The van der Waals surface area contributed by atoms with E-state index in [1.165, 1.54) is 0 Å². The molecule has 0 aliphatic carbocycles. The van der Waals surface area contributed by atoms with Crippen LogP contribution in [-0.4, -0.2) is 45.0 Å². The first-order chi connectivity index (χ1) is 6.53. The van der Waals surface area contributed by atoms with Crippen molar-refractivity contribution in [1.29, 1.82) is 0 Å². The first-order valence-corrected chi connectivity index (χ1v) is 6.61. The van der Waals surface area contributed by atoms with Gasteiger partial charge in [-0.3, -0.25) is 4.99 Å². The van der Waals surface area contributed by atoms with Crippen LogP contribution in [0.4, 0.5) is 0 Å². The maximum absolute atomic E-state index is 11.1. The summed E-state index contributed by atoms with van der Waals surface area (Å²) < 4.78 is 22.3. The van der Waals surface area contributed by atoms with Gasteiger partial charge in [-0.1, -0.05) is 6.92 Å². The van der Waals surface area contributed by atoms with Crippen LogP contribution in [0.2, 0.25) is 0 Å². The molecule has 0 aromatic heterocycles. The van der Waals surface area contributed by atoms with Crippen LogP contribution >= 0.6 is 0 Å². The fourth-order valence-electron chi connectivity index (χ4n) is 1.13. The molecule has 6 heteroatoms. The van der Waals surface area contributed by atoms with E-state index in [1.807, 2.05) is 6.92 Å². The Hall–Kier alpha value is -0.780. The van der Waals surface area contributed by atoms with E-state index >= 15 is 0 Å². The first kappa shape index (κ1) is 11.3. The summed E-state index contributed by atoms with van der Waals surface area (Å²) in [5.41, 5.74) is 0. The third-order valence-electron chi connectivity index (χ3n) is 2.05. The average molecular weight is 219 g/mol. The lowest BCUT2D eigenvalue weighted by molar-refractivity contribution is 0.596. The fraction of sp³-hybridized carbons (Fsp3) is 0.875. The molecule has 0 aromatic rings. The van der Waals surface area contributed by atoms with E-state index in [1.54, 1.807) is 6.92 Å². The lowest BCUT2D eigenvalue weighted by Crippen LogP contribution is -2.39. The monoisotopic (exact) mass is 219 g/mol. The molecule has 1 rings (SSSR count). The van der Waals surface area contributed by atoms with Gasteiger partial charge in [0.05, 0.1) is 12.3 Å². The third-order valence-corrected chi connectivity index (χ3v) is 3.76. The van der Waals surface area contributed by atoms with Crippen LogP contribution in [0.15, 0.2) is 4.99 Å². The molecular weight excluding hydrogens is 202 g/mol. The van der Waals surface area contributed by atoms with Gasteiger partial charge in [-0.25, -0.2) is 8.42 Å². The van der Waals surface area contributed by atoms with Gasteiger partial charge in [0, 0.05) is 18.3 Å². The van der Waals surface area contributed by atoms with Crippen molar-refractivity contribution in [3.05, 3.63) is 0 Å². The fourth-order valence-corrected chi connectivity index (χ4v) is 1.83. The normalized spacial score (nSPS) is 21.6. The van der Waals surface area contributed by atoms with Crippen molar-refractivity contribution in [3.8, 4) is 0 Å². The number of nitrogens with one attached hydrogen (secondary N) is 2. The molecular formula is C8H17N3O2S. The third kappa shape index (κ3) is 3.53. The van der Waals surface area contributed by atoms with Crippen LogP contribution in [0, 0.1) is 0 Å². The Morgan fingerprint density at radius 2 is 2.36 bits per heavy atom. The Balaban J connectivity index is 2.23. The topological polar surface area (TPSA) is 70.6 Å². The first-order valence-electron chi connectivity index (χ1n) is 4.79. The Morgan fingerprint density at radius 3 is 2.86 bits per heavy atom. The van der Waals surface area contributed by atoms with Gasteiger partial charge in [-0.15, -0.1) is 0 Å². The molecule has 2 N–H and O–H groups in total. The number of aliphatic imine (C=N–C) groups is 1. The van der Waals surface area contributed by atoms with Crippen molar-refractivity contribution < 1.29 is 8.42 Å². The second-order valence-electron chi connectivity index (χ2n) is 3.40. The van der Waals surface area contributed by atoms with Crippen LogP contribution in [0.1, 0.15) is 13.8 Å². The Morgan fingerprint density at radius 1 is 1.64 bits per heavy atom. The molecule has 0 saturated heterocycles. The highest BCUT2D eigenvalue weighted by Crippen LogP contribution is 1.92. The van der Waals surface area contributed by atoms with Crippen molar-refractivity contribution in [2.75, 3.05) is 24.6 Å². The van der Waals surface area contributed by atoms with E-state index in [9.17, 15) is 8.42 Å². The van der Waals surface area contributed by atoms with Crippen molar-refractivity contribution >= 4 is 15.8 Å². The largest absolute Gasteiger partial charge is 0.355 e. The van der Waals surface area contributed by atoms with Gasteiger partial charge < -0.3 is 10.6 Å². The summed E-state index contributed by atoms with van der Waals surface area (Å²) in [6, 6.07) is 0.347. The molecule has 5 nitrogen and oxygen atoms in total. The molecule has 1 heterocycles. The average Bonchev–Trinajstić information content (AvgIpc) is 2.51. The zero-order valence-corrected chi connectivity index (χ0v) is 9.39. The lowest BCUT2D eigenvalue weighted by atomic mass is 10.4. The number of hydrogen-bond acceptors (Lipinski definition) is 5. The Kier molecular flexibility index (Phi) is 3.74. The van der Waals surface area contributed by atoms with E-state index in [4.69, 9.17) is 0 Å². The van der Waals surface area contributed by atoms with Crippen molar-refractivity contribution in [2.45, 2.75) is 19.9 Å². The molecule has 0 aromatic carbocycles. The molecule has 0 bridgehead atoms. The molecule has 82 valence electrons. The summed E-state index contributed by atoms with van der Waals surface area (Å²) in [5.74, 6) is 1.08. The lowest BCUT2D eigenvalue weighted by Gasteiger charge is -2.08. The van der Waals surface area contributed by atoms with Gasteiger partial charge in [0.25, 0.3) is 0 Å². The van der Waals surface area contributed by atoms with Crippen LogP contribution in [0.25, 0.3) is 0 Å². The summed E-state index contributed by atoms with van der Waals surface area (Å²) in [6.45, 7) is 4.86. The van der Waals surface area contributed by atoms with Gasteiger partial charge in [-0.05, 0) is 6.92 Å². The summed E-state index contributed by atoms with van der Waals surface area (Å²) in [4.78, 5) is 4.16. The predicted molar refractivity (Wildman–Crippen MR) is 57.2 cm³/mol. The SMILES string of the molecule is CCS(=O)(=O)CCNC1=NCC(C)N1. The van der Waals surface area contributed by atoms with Gasteiger partial charge >= 0.3 is 0 Å². The van der Waals surface area contributed by atoms with Crippen LogP contribution in [0.3, 0.4) is 0 Å². The zero-order valence-electron chi connectivity index (χ0n) is 8.58. The van der Waals surface area contributed by atoms with Gasteiger partial charge in [0.1, 0.15) is 0 Å². The summed E-state index contributed by atoms with van der Waals surface area (Å²) in [7, 11) is -2.87. The van der Waals surface area contributed by atoms with Crippen LogP contribution < -0.4 is 10.6 Å². The Bertz CT molecular complexity index is 311. The molecule has 0 spiro atoms. The number of nitrogens with zero attached hydrogens (tertiary/aromatic N) is 1. The second-order valence-corrected chi connectivity index (χ2v) is 5.87. The summed E-state index contributed by atoms with van der Waals surface area (Å²) in [5, 5.41) is 6.06. The minimum atomic E-state index is -2.87. The molecule has 0 amide bonds. The number of hydrogen-bond donors (Lipinski definition) is 2. The quantitative estimate of drug-likeness (QED) is 0.660. The summed E-state index contributed by atoms with van der Waals surface area (Å²) >= 11 is 0. The number of sulfone groups is 1. The Labute approximate surface area is 84.9 Å². The molecule has 1 aliphatic heterocycles. The van der Waals surface area contributed by atoms with Crippen molar-refractivity contribution in [1.82, 2.24) is 10.6 Å². The van der Waals surface area contributed by atoms with E-state index in [2.05, 4.69) is 15.6 Å². The molecule has 0 radical (unpaired) electrons. The van der Waals surface area contributed by atoms with E-state index in [0.29, 0.717) is 18.5 Å². The highest BCUT2D eigenvalue weighted by molar-refractivity contribution is 7.91. The van der Waals surface area contributed by atoms with Gasteiger partial charge in [0.2, 0.25) is 0 Å². The van der Waals surface area contributed by atoms with Gasteiger partial charge in [-0.2, -0.15) is 0 Å². The molecule has 0 fully saturated rings. The number of guanidine groups is 1. The molecule has 0 saturated carbocycles. The maximum Gasteiger partial charge on any atom is 0.191 e. The smallest absolute Gasteiger partial charge is 0.191 e. The summed E-state index contributed by atoms with van der Waals surface area (Å²) in [6.07, 6.45) is 0. The molecule has 14 heavy (non-hydrogen) atoms. The minimum absolute atomic E-state index is 0.165. The van der Waals surface area contributed by atoms with Crippen molar-refractivity contribution in [3.63, 3.8) is 0 Å². The van der Waals surface area contributed by atoms with Gasteiger partial charge in [0.15, 0.2) is 15.8 Å². The minimum Gasteiger partial charge on any atom is -0.355 e. The maximum atomic E-state index is 11.1. The highest BCUT2D eigenvalue weighted by atomic mass is 32.2. The van der Waals surface area contributed by atoms with E-state index in [-0.39, 0.29) is 11.5 Å².